The summed E-state index contributed by atoms with van der Waals surface area (Å²) in [4.78, 5) is 0. The van der Waals surface area contributed by atoms with Crippen LogP contribution in [0.3, 0.4) is 0 Å². The Bertz CT molecular complexity index is 137. The molecule has 0 saturated heterocycles. The van der Waals surface area contributed by atoms with Crippen molar-refractivity contribution >= 4 is 10.0 Å². The van der Waals surface area contributed by atoms with E-state index in [1.165, 1.54) is 14.1 Å². The summed E-state index contributed by atoms with van der Waals surface area (Å²) < 4.78 is 21.7. The fourth-order valence-corrected chi connectivity index (χ4v) is 0. The van der Waals surface area contributed by atoms with Gasteiger partial charge in [0.1, 0.15) is 0 Å². The maximum atomic E-state index is 10.3. The normalized spacial score (nSPS) is 10.4. The van der Waals surface area contributed by atoms with Gasteiger partial charge in [0.05, 0.1) is 6.26 Å². The number of sulfonamides is 1. The fourth-order valence-electron chi connectivity index (χ4n) is 0. The van der Waals surface area contributed by atoms with Crippen molar-refractivity contribution in [1.29, 1.82) is 0 Å². The minimum absolute atomic E-state index is 1.16. The third-order valence-corrected chi connectivity index (χ3v) is 1.99. The fraction of sp³-hybridized carbons (Fsp3) is 1.00. The lowest BCUT2D eigenvalue weighted by molar-refractivity contribution is 0.527. The SMILES string of the molecule is CC.CN(C)S(C)(=O)=O. The van der Waals surface area contributed by atoms with E-state index in [9.17, 15) is 8.42 Å². The van der Waals surface area contributed by atoms with Crippen LogP contribution in [-0.4, -0.2) is 33.1 Å². The van der Waals surface area contributed by atoms with Gasteiger partial charge in [-0.3, -0.25) is 0 Å². The van der Waals surface area contributed by atoms with Gasteiger partial charge in [-0.2, -0.15) is 0 Å². The molecule has 0 saturated carbocycles. The zero-order chi connectivity index (χ0) is 8.08. The van der Waals surface area contributed by atoms with Gasteiger partial charge < -0.3 is 0 Å². The summed E-state index contributed by atoms with van der Waals surface area (Å²) >= 11 is 0. The lowest BCUT2D eigenvalue weighted by Gasteiger charge is -2.02. The quantitative estimate of drug-likeness (QED) is 0.551. The highest BCUT2D eigenvalue weighted by Gasteiger charge is 2.00. The number of hydrogen-bond acceptors (Lipinski definition) is 2. The van der Waals surface area contributed by atoms with Crippen LogP contribution in [0, 0.1) is 0 Å². The largest absolute Gasteiger partial charge is 0.213 e. The van der Waals surface area contributed by atoms with E-state index in [0.717, 1.165) is 10.6 Å². The molecule has 0 spiro atoms. The van der Waals surface area contributed by atoms with Crippen LogP contribution in [0.1, 0.15) is 13.8 Å². The highest BCUT2D eigenvalue weighted by molar-refractivity contribution is 7.88. The summed E-state index contributed by atoms with van der Waals surface area (Å²) in [5, 5.41) is 0. The van der Waals surface area contributed by atoms with Gasteiger partial charge >= 0.3 is 0 Å². The second-order valence-corrected chi connectivity index (χ2v) is 3.74. The lowest BCUT2D eigenvalue weighted by Crippen LogP contribution is -2.19. The van der Waals surface area contributed by atoms with Crippen LogP contribution in [0.25, 0.3) is 0 Å². The van der Waals surface area contributed by atoms with Crippen molar-refractivity contribution in [3.8, 4) is 0 Å². The molecular weight excluding hydrogens is 138 g/mol. The molecule has 58 valence electrons. The maximum Gasteiger partial charge on any atom is 0.210 e. The van der Waals surface area contributed by atoms with E-state index in [-0.39, 0.29) is 0 Å². The van der Waals surface area contributed by atoms with E-state index in [0.29, 0.717) is 0 Å². The molecule has 0 aliphatic carbocycles. The molecule has 0 radical (unpaired) electrons. The van der Waals surface area contributed by atoms with Crippen molar-refractivity contribution in [2.45, 2.75) is 13.8 Å². The average molecular weight is 153 g/mol. The van der Waals surface area contributed by atoms with Crippen LogP contribution in [0.2, 0.25) is 0 Å². The van der Waals surface area contributed by atoms with Gasteiger partial charge in [-0.05, 0) is 0 Å². The molecule has 0 fully saturated rings. The average Bonchev–Trinajstić information content (AvgIpc) is 1.69. The summed E-state index contributed by atoms with van der Waals surface area (Å²) in [5.41, 5.74) is 0. The Hall–Kier alpha value is -0.0900. The van der Waals surface area contributed by atoms with Crippen molar-refractivity contribution in [3.05, 3.63) is 0 Å². The molecule has 9 heavy (non-hydrogen) atoms. The van der Waals surface area contributed by atoms with Crippen LogP contribution in [0.15, 0.2) is 0 Å². The first-order valence-electron chi connectivity index (χ1n) is 2.82. The van der Waals surface area contributed by atoms with E-state index >= 15 is 0 Å². The van der Waals surface area contributed by atoms with Crippen LogP contribution >= 0.6 is 0 Å². The van der Waals surface area contributed by atoms with E-state index in [1.807, 2.05) is 13.8 Å². The highest BCUT2D eigenvalue weighted by atomic mass is 32.2. The molecular formula is C5H15NO2S. The first kappa shape index (κ1) is 11.7. The maximum absolute atomic E-state index is 10.3. The predicted octanol–water partition coefficient (Wildman–Crippen LogP) is 0.534. The van der Waals surface area contributed by atoms with Crippen molar-refractivity contribution in [1.82, 2.24) is 4.31 Å². The number of rotatable bonds is 1. The molecule has 4 heteroatoms. The zero-order valence-electron chi connectivity index (χ0n) is 6.67. The molecule has 0 rings (SSSR count). The second-order valence-electron chi connectivity index (χ2n) is 1.55. The lowest BCUT2D eigenvalue weighted by atomic mass is 11.0. The first-order chi connectivity index (χ1) is 3.94. The molecule has 0 aliphatic rings. The Labute approximate surface area is 57.7 Å². The van der Waals surface area contributed by atoms with Gasteiger partial charge in [-0.15, -0.1) is 0 Å². The van der Waals surface area contributed by atoms with Crippen LogP contribution in [-0.2, 0) is 10.0 Å². The molecule has 0 aromatic heterocycles. The van der Waals surface area contributed by atoms with Gasteiger partial charge in [0.2, 0.25) is 10.0 Å². The van der Waals surface area contributed by atoms with Gasteiger partial charge in [-0.1, -0.05) is 13.8 Å². The van der Waals surface area contributed by atoms with Gasteiger partial charge in [0.25, 0.3) is 0 Å². The van der Waals surface area contributed by atoms with Gasteiger partial charge in [0, 0.05) is 14.1 Å². The number of nitrogens with zero attached hydrogens (tertiary/aromatic N) is 1. The Balaban J connectivity index is 0. The van der Waals surface area contributed by atoms with Gasteiger partial charge in [-0.25, -0.2) is 12.7 Å². The smallest absolute Gasteiger partial charge is 0.210 e. The molecule has 0 amide bonds. The van der Waals surface area contributed by atoms with E-state index in [2.05, 4.69) is 0 Å². The molecule has 0 aromatic rings. The second kappa shape index (κ2) is 4.76. The van der Waals surface area contributed by atoms with E-state index in [4.69, 9.17) is 0 Å². The summed E-state index contributed by atoms with van der Waals surface area (Å²) in [6.45, 7) is 4.00. The molecule has 3 nitrogen and oxygen atoms in total. The van der Waals surface area contributed by atoms with Crippen molar-refractivity contribution in [2.75, 3.05) is 20.4 Å². The topological polar surface area (TPSA) is 37.4 Å². The number of hydrogen-bond donors (Lipinski definition) is 0. The predicted molar refractivity (Wildman–Crippen MR) is 39.9 cm³/mol. The minimum Gasteiger partial charge on any atom is -0.213 e. The van der Waals surface area contributed by atoms with Crippen molar-refractivity contribution < 1.29 is 8.42 Å². The first-order valence-corrected chi connectivity index (χ1v) is 4.67. The van der Waals surface area contributed by atoms with Crippen molar-refractivity contribution in [2.24, 2.45) is 0 Å². The molecule has 0 unspecified atom stereocenters. The molecule has 0 N–H and O–H groups in total. The molecule has 0 bridgehead atoms. The summed E-state index contributed by atoms with van der Waals surface area (Å²) in [6.07, 6.45) is 1.16. The minimum atomic E-state index is -2.91. The monoisotopic (exact) mass is 153 g/mol. The van der Waals surface area contributed by atoms with Crippen LogP contribution in [0.4, 0.5) is 0 Å². The van der Waals surface area contributed by atoms with Crippen molar-refractivity contribution in [3.63, 3.8) is 0 Å². The third kappa shape index (κ3) is 7.91. The Kier molecular flexibility index (Phi) is 6.17. The summed E-state index contributed by atoms with van der Waals surface area (Å²) in [6, 6.07) is 0. The molecule has 0 aromatic carbocycles. The summed E-state index contributed by atoms with van der Waals surface area (Å²) in [5.74, 6) is 0. The van der Waals surface area contributed by atoms with Crippen LogP contribution < -0.4 is 0 Å². The van der Waals surface area contributed by atoms with Gasteiger partial charge in [0.15, 0.2) is 0 Å². The molecule has 0 aliphatic heterocycles. The van der Waals surface area contributed by atoms with E-state index in [1.54, 1.807) is 0 Å². The third-order valence-electron chi connectivity index (χ3n) is 0.663. The summed E-state index contributed by atoms with van der Waals surface area (Å²) in [7, 11) is 0.0833. The molecule has 0 heterocycles. The van der Waals surface area contributed by atoms with E-state index < -0.39 is 10.0 Å². The molecule has 0 atom stereocenters. The Morgan fingerprint density at radius 3 is 1.22 bits per heavy atom. The highest BCUT2D eigenvalue weighted by Crippen LogP contribution is 1.82. The Morgan fingerprint density at radius 1 is 1.11 bits per heavy atom. The zero-order valence-corrected chi connectivity index (χ0v) is 7.49. The van der Waals surface area contributed by atoms with Crippen LogP contribution in [0.5, 0.6) is 0 Å². The Morgan fingerprint density at radius 2 is 1.22 bits per heavy atom. The standard InChI is InChI=1S/C3H9NO2S.C2H6/c1-4(2)7(3,5)6;1-2/h1-3H3;1-2H3.